The van der Waals surface area contributed by atoms with E-state index in [-0.39, 0.29) is 0 Å². The monoisotopic (exact) mass is 466 g/mol. The second-order valence-corrected chi connectivity index (χ2v) is 9.49. The molecule has 7 N–H and O–H groups in total. The van der Waals surface area contributed by atoms with Crippen LogP contribution >= 0.6 is 0 Å². The van der Waals surface area contributed by atoms with Gasteiger partial charge in [0.05, 0.1) is 17.7 Å². The quantitative estimate of drug-likeness (QED) is 0.291. The van der Waals surface area contributed by atoms with Gasteiger partial charge in [0, 0.05) is 19.0 Å². The molecule has 0 bridgehead atoms. The summed E-state index contributed by atoms with van der Waals surface area (Å²) in [6.07, 6.45) is 2.38. The Morgan fingerprint density at radius 3 is 2.88 bits per heavy atom. The summed E-state index contributed by atoms with van der Waals surface area (Å²) in [6.45, 7) is 0.859. The first-order chi connectivity index (χ1) is 16.6. The van der Waals surface area contributed by atoms with E-state index in [9.17, 15) is 10.2 Å². The molecule has 0 radical (unpaired) electrons. The zero-order chi connectivity index (χ0) is 23.2. The van der Waals surface area contributed by atoms with E-state index in [0.717, 1.165) is 42.5 Å². The average molecular weight is 467 g/mol. The van der Waals surface area contributed by atoms with Crippen molar-refractivity contribution in [3.8, 4) is 0 Å². The third-order valence-corrected chi connectivity index (χ3v) is 7.27. The number of fused-ring (bicyclic) bond motifs is 2. The average Bonchev–Trinajstić information content (AvgIpc) is 3.50. The minimum Gasteiger partial charge on any atom is -0.387 e. The summed E-state index contributed by atoms with van der Waals surface area (Å²) in [5, 5.41) is 27.9. The summed E-state index contributed by atoms with van der Waals surface area (Å²) in [7, 11) is 0. The van der Waals surface area contributed by atoms with Gasteiger partial charge >= 0.3 is 0 Å². The van der Waals surface area contributed by atoms with Gasteiger partial charge in [-0.1, -0.05) is 12.1 Å². The molecule has 3 aliphatic rings. The first-order valence-corrected chi connectivity index (χ1v) is 11.9. The number of aliphatic hydroxyl groups is 2. The van der Waals surface area contributed by atoms with E-state index in [4.69, 9.17) is 10.5 Å². The van der Waals surface area contributed by atoms with Crippen molar-refractivity contribution in [2.75, 3.05) is 29.2 Å². The summed E-state index contributed by atoms with van der Waals surface area (Å²) < 4.78 is 6.06. The molecule has 4 atom stereocenters. The molecule has 2 aromatic heterocycles. The normalized spacial score (nSPS) is 30.4. The largest absolute Gasteiger partial charge is 0.387 e. The molecule has 0 spiro atoms. The Bertz CT molecular complexity index is 1130. The summed E-state index contributed by atoms with van der Waals surface area (Å²) in [4.78, 5) is 18.1. The van der Waals surface area contributed by atoms with E-state index < -0.39 is 24.5 Å². The van der Waals surface area contributed by atoms with Gasteiger partial charge in [-0.25, -0.2) is 15.0 Å². The molecule has 11 heteroatoms. The van der Waals surface area contributed by atoms with Crippen LogP contribution in [0.2, 0.25) is 0 Å². The van der Waals surface area contributed by atoms with Crippen LogP contribution in [-0.2, 0) is 11.2 Å². The Morgan fingerprint density at radius 1 is 1.18 bits per heavy atom. The summed E-state index contributed by atoms with van der Waals surface area (Å²) in [5.74, 6) is 2.63. The number of aliphatic hydroxyl groups excluding tert-OH is 2. The van der Waals surface area contributed by atoms with E-state index in [0.29, 0.717) is 42.5 Å². The first-order valence-electron chi connectivity index (χ1n) is 11.9. The van der Waals surface area contributed by atoms with Crippen molar-refractivity contribution in [2.45, 2.75) is 56.3 Å². The number of nitrogens with two attached hydrogens (primary N) is 1. The van der Waals surface area contributed by atoms with Gasteiger partial charge in [-0.15, -0.1) is 0 Å². The molecule has 1 aromatic carbocycles. The van der Waals surface area contributed by atoms with Gasteiger partial charge < -0.3 is 41.2 Å². The van der Waals surface area contributed by atoms with Crippen molar-refractivity contribution in [1.82, 2.24) is 25.3 Å². The van der Waals surface area contributed by atoms with Crippen molar-refractivity contribution in [1.29, 1.82) is 0 Å². The lowest BCUT2D eigenvalue weighted by atomic mass is 9.77. The Labute approximate surface area is 196 Å². The van der Waals surface area contributed by atoms with E-state index in [1.165, 1.54) is 6.33 Å². The maximum Gasteiger partial charge on any atom is 0.162 e. The summed E-state index contributed by atoms with van der Waals surface area (Å²) >= 11 is 0. The maximum atomic E-state index is 10.6. The Kier molecular flexibility index (Phi) is 5.48. The van der Waals surface area contributed by atoms with Gasteiger partial charge in [-0.3, -0.25) is 0 Å². The number of hydrogen-bond acceptors (Lipinski definition) is 10. The topological polar surface area (TPSA) is 157 Å². The zero-order valence-electron chi connectivity index (χ0n) is 18.8. The molecule has 34 heavy (non-hydrogen) atoms. The van der Waals surface area contributed by atoms with Crippen LogP contribution in [0.25, 0.3) is 11.0 Å². The number of aryl methyl sites for hydroxylation is 1. The van der Waals surface area contributed by atoms with Crippen molar-refractivity contribution in [3.63, 3.8) is 0 Å². The number of benzene rings is 1. The summed E-state index contributed by atoms with van der Waals surface area (Å²) in [6, 6.07) is 8.51. The molecule has 180 valence electrons. The van der Waals surface area contributed by atoms with Crippen molar-refractivity contribution in [3.05, 3.63) is 36.4 Å². The number of aromatic amines is 1. The molecule has 6 rings (SSSR count). The minimum absolute atomic E-state index is 0.346. The standard InChI is InChI=1S/C23H30N8O3/c24-21-18-22(27-10-26-21)31(11-28-18)23-20(33)19(32)16(34-23)9-25-13-7-12(8-13)5-6-17-29-14-3-1-2-4-15(14)30-17/h1-4,10,12-13,16,19-20,23,25,28,32-33H,5-9,11H2,(H,29,30)(H2,24,26,27)/t12?,13?,16-,19-,20-,23-/m1/s1. The number of imidazole rings is 1. The van der Waals surface area contributed by atoms with Crippen molar-refractivity contribution >= 4 is 28.4 Å². The van der Waals surface area contributed by atoms with E-state index >= 15 is 0 Å². The third-order valence-electron chi connectivity index (χ3n) is 7.27. The fourth-order valence-electron chi connectivity index (χ4n) is 5.27. The molecule has 0 amide bonds. The number of anilines is 3. The van der Waals surface area contributed by atoms with Crippen LogP contribution in [-0.4, -0.2) is 73.9 Å². The molecule has 1 aliphatic carbocycles. The highest BCUT2D eigenvalue weighted by molar-refractivity contribution is 5.80. The van der Waals surface area contributed by atoms with Crippen LogP contribution in [0.4, 0.5) is 17.3 Å². The number of para-hydroxylation sites is 2. The predicted molar refractivity (Wildman–Crippen MR) is 127 cm³/mol. The van der Waals surface area contributed by atoms with Crippen LogP contribution in [0.3, 0.4) is 0 Å². The number of H-pyrrole nitrogens is 1. The number of ether oxygens (including phenoxy) is 1. The Balaban J connectivity index is 0.973. The zero-order valence-corrected chi connectivity index (χ0v) is 18.8. The molecule has 2 fully saturated rings. The fourth-order valence-corrected chi connectivity index (χ4v) is 5.27. The number of nitrogens with one attached hydrogen (secondary N) is 3. The third kappa shape index (κ3) is 3.84. The van der Waals surface area contributed by atoms with Crippen LogP contribution in [0.15, 0.2) is 30.6 Å². The van der Waals surface area contributed by atoms with Gasteiger partial charge in [-0.05, 0) is 37.3 Å². The molecule has 2 aliphatic heterocycles. The number of nitrogen functional groups attached to an aromatic ring is 1. The second kappa shape index (κ2) is 8.66. The van der Waals surface area contributed by atoms with Gasteiger partial charge in [0.25, 0.3) is 0 Å². The molecular weight excluding hydrogens is 436 g/mol. The van der Waals surface area contributed by atoms with Crippen LogP contribution in [0, 0.1) is 5.92 Å². The van der Waals surface area contributed by atoms with Crippen LogP contribution in [0.5, 0.6) is 0 Å². The number of hydrogen-bond donors (Lipinski definition) is 6. The van der Waals surface area contributed by atoms with Gasteiger partial charge in [-0.2, -0.15) is 0 Å². The van der Waals surface area contributed by atoms with Crippen molar-refractivity contribution < 1.29 is 14.9 Å². The van der Waals surface area contributed by atoms with E-state index in [1.54, 1.807) is 4.90 Å². The van der Waals surface area contributed by atoms with E-state index in [2.05, 4.69) is 36.6 Å². The van der Waals surface area contributed by atoms with Gasteiger partial charge in [0.1, 0.15) is 36.2 Å². The number of rotatable bonds is 7. The highest BCUT2D eigenvalue weighted by atomic mass is 16.6. The van der Waals surface area contributed by atoms with Gasteiger partial charge in [0.2, 0.25) is 0 Å². The molecular formula is C23H30N8O3. The predicted octanol–water partition coefficient (Wildman–Crippen LogP) is 0.572. The molecule has 1 saturated heterocycles. The first kappa shape index (κ1) is 21.5. The lowest BCUT2D eigenvalue weighted by Crippen LogP contribution is -2.47. The molecule has 3 aromatic rings. The molecule has 1 saturated carbocycles. The fraction of sp³-hybridized carbons (Fsp3) is 0.522. The summed E-state index contributed by atoms with van der Waals surface area (Å²) in [5.41, 5.74) is 8.63. The Morgan fingerprint density at radius 2 is 2.03 bits per heavy atom. The highest BCUT2D eigenvalue weighted by Crippen LogP contribution is 2.37. The number of aromatic nitrogens is 4. The Hall–Kier alpha value is -2.99. The highest BCUT2D eigenvalue weighted by Gasteiger charge is 2.47. The van der Waals surface area contributed by atoms with Crippen LogP contribution in [0.1, 0.15) is 25.1 Å². The number of nitrogens with zero attached hydrogens (tertiary/aromatic N) is 4. The minimum atomic E-state index is -1.05. The van der Waals surface area contributed by atoms with Crippen LogP contribution < -0.4 is 21.3 Å². The van der Waals surface area contributed by atoms with E-state index in [1.807, 2.05) is 18.2 Å². The van der Waals surface area contributed by atoms with Crippen molar-refractivity contribution in [2.24, 2.45) is 5.92 Å². The smallest absolute Gasteiger partial charge is 0.162 e. The second-order valence-electron chi connectivity index (χ2n) is 9.49. The lowest BCUT2D eigenvalue weighted by molar-refractivity contribution is 0.00462. The SMILES string of the molecule is Nc1ncnc2c1NCN2[C@@H]1O[C@H](CNC2CC(CCc3nc4ccccc4[nH]3)C2)[C@@H](O)[C@H]1O. The molecule has 11 nitrogen and oxygen atoms in total. The lowest BCUT2D eigenvalue weighted by Gasteiger charge is -2.37. The van der Waals surface area contributed by atoms with Gasteiger partial charge in [0.15, 0.2) is 17.9 Å². The molecule has 4 heterocycles. The maximum absolute atomic E-state index is 10.6. The molecule has 0 unspecified atom stereocenters.